The van der Waals surface area contributed by atoms with Crippen molar-refractivity contribution in [2.45, 2.75) is 38.9 Å². The van der Waals surface area contributed by atoms with Crippen LogP contribution in [0.1, 0.15) is 23.4 Å². The predicted octanol–water partition coefficient (Wildman–Crippen LogP) is 1.95. The second kappa shape index (κ2) is 5.32. The molecule has 3 saturated heterocycles. The van der Waals surface area contributed by atoms with Gasteiger partial charge in [-0.1, -0.05) is 6.07 Å². The Balaban J connectivity index is 1.46. The van der Waals surface area contributed by atoms with E-state index in [1.165, 1.54) is 12.0 Å². The van der Waals surface area contributed by atoms with Gasteiger partial charge in [0, 0.05) is 55.5 Å². The molecular weight excluding hydrogens is 274 g/mol. The van der Waals surface area contributed by atoms with Gasteiger partial charge in [-0.3, -0.25) is 9.88 Å². The van der Waals surface area contributed by atoms with Crippen molar-refractivity contribution in [3.63, 3.8) is 0 Å². The van der Waals surface area contributed by atoms with Crippen LogP contribution >= 0.6 is 0 Å². The van der Waals surface area contributed by atoms with Gasteiger partial charge < -0.3 is 4.90 Å². The molecule has 2 unspecified atom stereocenters. The molecule has 2 aromatic rings. The third kappa shape index (κ3) is 2.46. The smallest absolute Gasteiger partial charge is 0.225 e. The normalized spacial score (nSPS) is 24.2. The average Bonchev–Trinajstić information content (AvgIpc) is 2.53. The van der Waals surface area contributed by atoms with Gasteiger partial charge in [-0.05, 0) is 38.0 Å². The van der Waals surface area contributed by atoms with Crippen molar-refractivity contribution in [2.24, 2.45) is 0 Å². The topological polar surface area (TPSA) is 45.2 Å². The van der Waals surface area contributed by atoms with Gasteiger partial charge in [-0.25, -0.2) is 9.97 Å². The highest BCUT2D eigenvalue weighted by atomic mass is 15.4. The SMILES string of the molecule is Cc1cc(C)nc(N2CC3CC(C2)N3Cc2cccnc2)n1. The summed E-state index contributed by atoms with van der Waals surface area (Å²) in [5, 5.41) is 0. The van der Waals surface area contributed by atoms with Crippen molar-refractivity contribution in [2.75, 3.05) is 18.0 Å². The number of nitrogens with zero attached hydrogens (tertiary/aromatic N) is 5. The van der Waals surface area contributed by atoms with E-state index >= 15 is 0 Å². The Morgan fingerprint density at radius 3 is 2.50 bits per heavy atom. The predicted molar refractivity (Wildman–Crippen MR) is 85.7 cm³/mol. The molecule has 0 N–H and O–H groups in total. The highest BCUT2D eigenvalue weighted by molar-refractivity contribution is 5.36. The zero-order valence-corrected chi connectivity index (χ0v) is 13.1. The van der Waals surface area contributed by atoms with Gasteiger partial charge in [0.25, 0.3) is 0 Å². The molecule has 2 atom stereocenters. The molecule has 0 aromatic carbocycles. The third-order valence-corrected chi connectivity index (χ3v) is 4.69. The fraction of sp³-hybridized carbons (Fsp3) is 0.471. The van der Waals surface area contributed by atoms with Crippen LogP contribution in [-0.4, -0.2) is 45.0 Å². The van der Waals surface area contributed by atoms with E-state index in [1.807, 2.05) is 38.4 Å². The molecule has 5 heteroatoms. The monoisotopic (exact) mass is 295 g/mol. The lowest BCUT2D eigenvalue weighted by Gasteiger charge is -2.56. The summed E-state index contributed by atoms with van der Waals surface area (Å²) in [5.41, 5.74) is 3.40. The Hall–Kier alpha value is -2.01. The van der Waals surface area contributed by atoms with E-state index in [0.717, 1.165) is 37.0 Å². The van der Waals surface area contributed by atoms with Gasteiger partial charge in [0.1, 0.15) is 0 Å². The van der Waals surface area contributed by atoms with Crippen molar-refractivity contribution in [1.82, 2.24) is 19.9 Å². The van der Waals surface area contributed by atoms with Crippen molar-refractivity contribution in [3.8, 4) is 0 Å². The van der Waals surface area contributed by atoms with Crippen LogP contribution in [0, 0.1) is 13.8 Å². The number of hydrogen-bond donors (Lipinski definition) is 0. The number of pyridine rings is 1. The number of piperidine rings is 1. The highest BCUT2D eigenvalue weighted by Crippen LogP contribution is 2.34. The van der Waals surface area contributed by atoms with E-state index in [2.05, 4.69) is 30.8 Å². The molecule has 3 aliphatic heterocycles. The molecule has 0 amide bonds. The van der Waals surface area contributed by atoms with E-state index in [0.29, 0.717) is 12.1 Å². The Morgan fingerprint density at radius 1 is 1.14 bits per heavy atom. The van der Waals surface area contributed by atoms with Gasteiger partial charge in [0.05, 0.1) is 0 Å². The largest absolute Gasteiger partial charge is 0.338 e. The molecule has 22 heavy (non-hydrogen) atoms. The Bertz CT molecular complexity index is 640. The molecule has 0 saturated carbocycles. The standard InChI is InChI=1S/C17H21N5/c1-12-6-13(2)20-17(19-12)21-10-15-7-16(11-21)22(15)9-14-4-3-5-18-8-14/h3-6,8,15-16H,7,9-11H2,1-2H3. The molecule has 3 fully saturated rings. The maximum atomic E-state index is 4.61. The molecule has 5 rings (SSSR count). The molecule has 114 valence electrons. The number of piperazine rings is 1. The van der Waals surface area contributed by atoms with Crippen molar-refractivity contribution >= 4 is 5.95 Å². The summed E-state index contributed by atoms with van der Waals surface area (Å²) in [4.78, 5) is 18.4. The van der Waals surface area contributed by atoms with Gasteiger partial charge in [-0.2, -0.15) is 0 Å². The second-order valence-electron chi connectivity index (χ2n) is 6.43. The summed E-state index contributed by atoms with van der Waals surface area (Å²) >= 11 is 0. The number of fused-ring (bicyclic) bond motifs is 2. The molecule has 0 aliphatic carbocycles. The first-order valence-electron chi connectivity index (χ1n) is 7.91. The van der Waals surface area contributed by atoms with Gasteiger partial charge in [0.2, 0.25) is 5.95 Å². The zero-order chi connectivity index (χ0) is 15.1. The molecule has 5 nitrogen and oxygen atoms in total. The van der Waals surface area contributed by atoms with Crippen LogP contribution in [-0.2, 0) is 6.54 Å². The van der Waals surface area contributed by atoms with Crippen LogP contribution in [0.5, 0.6) is 0 Å². The summed E-state index contributed by atoms with van der Waals surface area (Å²) in [6, 6.07) is 7.43. The maximum absolute atomic E-state index is 4.61. The third-order valence-electron chi connectivity index (χ3n) is 4.69. The van der Waals surface area contributed by atoms with E-state index in [1.54, 1.807) is 0 Å². The highest BCUT2D eigenvalue weighted by Gasteiger charge is 2.45. The summed E-state index contributed by atoms with van der Waals surface area (Å²) in [5.74, 6) is 0.897. The second-order valence-corrected chi connectivity index (χ2v) is 6.43. The minimum Gasteiger partial charge on any atom is -0.338 e. The van der Waals surface area contributed by atoms with E-state index in [4.69, 9.17) is 0 Å². The first kappa shape index (κ1) is 13.6. The maximum Gasteiger partial charge on any atom is 0.225 e. The lowest BCUT2D eigenvalue weighted by atomic mass is 9.87. The van der Waals surface area contributed by atoms with Gasteiger partial charge >= 0.3 is 0 Å². The van der Waals surface area contributed by atoms with Crippen LogP contribution in [0.25, 0.3) is 0 Å². The van der Waals surface area contributed by atoms with Crippen molar-refractivity contribution < 1.29 is 0 Å². The fourth-order valence-electron chi connectivity index (χ4n) is 3.66. The Labute approximate surface area is 131 Å². The Kier molecular flexibility index (Phi) is 3.30. The first-order chi connectivity index (χ1) is 10.7. The number of rotatable bonds is 3. The number of hydrogen-bond acceptors (Lipinski definition) is 5. The number of aromatic nitrogens is 3. The lowest BCUT2D eigenvalue weighted by molar-refractivity contribution is -0.00904. The van der Waals surface area contributed by atoms with E-state index in [9.17, 15) is 0 Å². The molecule has 5 heterocycles. The quantitative estimate of drug-likeness (QED) is 0.866. The van der Waals surface area contributed by atoms with E-state index in [-0.39, 0.29) is 0 Å². The average molecular weight is 295 g/mol. The van der Waals surface area contributed by atoms with Gasteiger partial charge in [0.15, 0.2) is 0 Å². The molecule has 3 aliphatic rings. The van der Waals surface area contributed by atoms with Crippen LogP contribution in [0.2, 0.25) is 0 Å². The van der Waals surface area contributed by atoms with Crippen molar-refractivity contribution in [3.05, 3.63) is 47.5 Å². The molecule has 2 bridgehead atoms. The summed E-state index contributed by atoms with van der Waals surface area (Å²) in [7, 11) is 0. The van der Waals surface area contributed by atoms with Crippen molar-refractivity contribution in [1.29, 1.82) is 0 Å². The first-order valence-corrected chi connectivity index (χ1v) is 7.91. The minimum atomic E-state index is 0.614. The zero-order valence-electron chi connectivity index (χ0n) is 13.1. The van der Waals surface area contributed by atoms with Crippen LogP contribution in [0.3, 0.4) is 0 Å². The molecule has 0 spiro atoms. The molecular formula is C17H21N5. The van der Waals surface area contributed by atoms with Gasteiger partial charge in [-0.15, -0.1) is 0 Å². The summed E-state index contributed by atoms with van der Waals surface area (Å²) < 4.78 is 0. The Morgan fingerprint density at radius 2 is 1.86 bits per heavy atom. The molecule has 2 aromatic heterocycles. The fourth-order valence-corrected chi connectivity index (χ4v) is 3.66. The molecule has 0 radical (unpaired) electrons. The van der Waals surface area contributed by atoms with E-state index < -0.39 is 0 Å². The summed E-state index contributed by atoms with van der Waals surface area (Å²) in [6.45, 7) is 7.14. The van der Waals surface area contributed by atoms with Crippen LogP contribution in [0.15, 0.2) is 30.6 Å². The number of aryl methyl sites for hydroxylation is 2. The minimum absolute atomic E-state index is 0.614. The van der Waals surface area contributed by atoms with Crippen LogP contribution in [0.4, 0.5) is 5.95 Å². The lowest BCUT2D eigenvalue weighted by Crippen LogP contribution is -2.68. The number of anilines is 1. The summed E-state index contributed by atoms with van der Waals surface area (Å²) in [6.07, 6.45) is 5.10. The van der Waals surface area contributed by atoms with Crippen LogP contribution < -0.4 is 4.90 Å².